The van der Waals surface area contributed by atoms with Gasteiger partial charge in [-0.15, -0.1) is 0 Å². The SMILES string of the molecule is CC1(C)OC(=O)[C@@]2(C)[C@@H]3C=CO[C@]45COC(=O)[C@@]4(C)CC[C@@]2(O1)[C@]35C. The lowest BCUT2D eigenvalue weighted by Gasteiger charge is -2.81. The number of cyclic esters (lactones) is 2. The van der Waals surface area contributed by atoms with Gasteiger partial charge in [0, 0.05) is 25.2 Å². The molecule has 0 N–H and O–H groups in total. The van der Waals surface area contributed by atoms with Gasteiger partial charge in [-0.3, -0.25) is 9.59 Å². The first-order valence-corrected chi connectivity index (χ1v) is 8.96. The van der Waals surface area contributed by atoms with Crippen LogP contribution in [0.2, 0.25) is 0 Å². The summed E-state index contributed by atoms with van der Waals surface area (Å²) in [6, 6.07) is 0. The molecule has 0 amide bonds. The van der Waals surface area contributed by atoms with E-state index in [-0.39, 0.29) is 24.5 Å². The third-order valence-corrected chi connectivity index (χ3v) is 8.21. The van der Waals surface area contributed by atoms with Gasteiger partial charge >= 0.3 is 11.9 Å². The quantitative estimate of drug-likeness (QED) is 0.626. The maximum Gasteiger partial charge on any atom is 0.317 e. The van der Waals surface area contributed by atoms with Crippen molar-refractivity contribution in [2.45, 2.75) is 64.4 Å². The van der Waals surface area contributed by atoms with Gasteiger partial charge in [-0.2, -0.15) is 0 Å². The maximum absolute atomic E-state index is 13.0. The van der Waals surface area contributed by atoms with Crippen LogP contribution in [0, 0.1) is 22.2 Å². The van der Waals surface area contributed by atoms with Crippen molar-refractivity contribution in [3.05, 3.63) is 12.3 Å². The van der Waals surface area contributed by atoms with Gasteiger partial charge in [0.15, 0.2) is 5.60 Å². The molecule has 0 aromatic rings. The summed E-state index contributed by atoms with van der Waals surface area (Å²) >= 11 is 0. The standard InChI is InChI=1S/C19H24O6/c1-14(2)24-13(21)16(4)11-6-9-23-19-10-22-12(20)15(19,3)7-8-18(16,25-14)17(11,19)5/h6,9,11H,7-8,10H2,1-5H3/t11-,15+,16+,17-,18-,19+/m0/s1. The summed E-state index contributed by atoms with van der Waals surface area (Å²) in [6.45, 7) is 9.69. The molecule has 6 atom stereocenters. The number of hydrogen-bond acceptors (Lipinski definition) is 6. The van der Waals surface area contributed by atoms with E-state index in [1.807, 2.05) is 19.9 Å². The van der Waals surface area contributed by atoms with E-state index < -0.39 is 33.2 Å². The first kappa shape index (κ1) is 15.7. The van der Waals surface area contributed by atoms with Gasteiger partial charge < -0.3 is 18.9 Å². The first-order chi connectivity index (χ1) is 11.5. The molecule has 0 aromatic heterocycles. The Morgan fingerprint density at radius 3 is 2.44 bits per heavy atom. The summed E-state index contributed by atoms with van der Waals surface area (Å²) in [5, 5.41) is 0. The molecule has 0 radical (unpaired) electrons. The Kier molecular flexibility index (Phi) is 2.35. The lowest BCUT2D eigenvalue weighted by Crippen LogP contribution is -2.91. The molecular formula is C19H24O6. The van der Waals surface area contributed by atoms with Gasteiger partial charge in [0.2, 0.25) is 5.79 Å². The van der Waals surface area contributed by atoms with Crippen molar-refractivity contribution < 1.29 is 28.5 Å². The predicted octanol–water partition coefficient (Wildman–Crippen LogP) is 2.32. The van der Waals surface area contributed by atoms with Crippen molar-refractivity contribution >= 4 is 11.9 Å². The highest BCUT2D eigenvalue weighted by Gasteiger charge is 2.93. The minimum atomic E-state index is -1.01. The molecule has 2 aliphatic carbocycles. The highest BCUT2D eigenvalue weighted by molar-refractivity contribution is 5.86. The molecule has 3 heterocycles. The summed E-state index contributed by atoms with van der Waals surface area (Å²) in [5.41, 5.74) is -3.67. The maximum atomic E-state index is 13.0. The van der Waals surface area contributed by atoms with Crippen molar-refractivity contribution in [3.63, 3.8) is 0 Å². The molecule has 6 nitrogen and oxygen atoms in total. The normalized spacial score (nSPS) is 57.2. The van der Waals surface area contributed by atoms with E-state index in [0.29, 0.717) is 12.8 Å². The fraction of sp³-hybridized carbons (Fsp3) is 0.789. The monoisotopic (exact) mass is 348 g/mol. The topological polar surface area (TPSA) is 71.1 Å². The van der Waals surface area contributed by atoms with Gasteiger partial charge in [0.1, 0.15) is 17.4 Å². The van der Waals surface area contributed by atoms with Crippen molar-refractivity contribution in [3.8, 4) is 0 Å². The van der Waals surface area contributed by atoms with Crippen molar-refractivity contribution in [1.29, 1.82) is 0 Å². The summed E-state index contributed by atoms with van der Waals surface area (Å²) in [6.07, 6.45) is 4.72. The Balaban J connectivity index is 1.79. The molecule has 3 aliphatic heterocycles. The number of fused-ring (bicyclic) bond motifs is 1. The van der Waals surface area contributed by atoms with Crippen LogP contribution in [0.4, 0.5) is 0 Å². The van der Waals surface area contributed by atoms with Gasteiger partial charge in [-0.05, 0) is 32.8 Å². The Morgan fingerprint density at radius 1 is 1.00 bits per heavy atom. The summed E-state index contributed by atoms with van der Waals surface area (Å²) in [4.78, 5) is 25.7. The molecule has 2 saturated heterocycles. The number of esters is 2. The van der Waals surface area contributed by atoms with Crippen LogP contribution in [0.15, 0.2) is 12.3 Å². The number of carbonyl (C=O) groups excluding carboxylic acids is 2. The predicted molar refractivity (Wildman–Crippen MR) is 84.9 cm³/mol. The molecule has 0 unspecified atom stereocenters. The Hall–Kier alpha value is -1.56. The van der Waals surface area contributed by atoms with E-state index in [4.69, 9.17) is 18.9 Å². The number of carbonyl (C=O) groups is 2. The average molecular weight is 348 g/mol. The molecule has 4 fully saturated rings. The van der Waals surface area contributed by atoms with Gasteiger partial charge in [0.25, 0.3) is 0 Å². The van der Waals surface area contributed by atoms with Gasteiger partial charge in [-0.1, -0.05) is 6.92 Å². The van der Waals surface area contributed by atoms with Crippen LogP contribution in [0.1, 0.15) is 47.5 Å². The van der Waals surface area contributed by atoms with E-state index in [9.17, 15) is 9.59 Å². The molecule has 5 rings (SSSR count). The second-order valence-corrected chi connectivity index (χ2v) is 9.28. The first-order valence-electron chi connectivity index (χ1n) is 8.96. The lowest BCUT2D eigenvalue weighted by atomic mass is 9.27. The molecule has 2 saturated carbocycles. The molecule has 5 aliphatic rings. The zero-order chi connectivity index (χ0) is 18.1. The van der Waals surface area contributed by atoms with Crippen LogP contribution in [-0.4, -0.2) is 35.5 Å². The van der Waals surface area contributed by atoms with E-state index in [2.05, 4.69) is 6.92 Å². The highest BCUT2D eigenvalue weighted by Crippen LogP contribution is 2.82. The van der Waals surface area contributed by atoms with Crippen LogP contribution in [0.25, 0.3) is 0 Å². The van der Waals surface area contributed by atoms with Crippen LogP contribution < -0.4 is 0 Å². The zero-order valence-corrected chi connectivity index (χ0v) is 15.3. The molecule has 0 aromatic carbocycles. The van der Waals surface area contributed by atoms with E-state index >= 15 is 0 Å². The number of allylic oxidation sites excluding steroid dienone is 1. The van der Waals surface area contributed by atoms with Crippen molar-refractivity contribution in [1.82, 2.24) is 0 Å². The van der Waals surface area contributed by atoms with Crippen LogP contribution in [0.5, 0.6) is 0 Å². The smallest absolute Gasteiger partial charge is 0.317 e. The van der Waals surface area contributed by atoms with Crippen LogP contribution in [-0.2, 0) is 28.5 Å². The molecule has 0 bridgehead atoms. The molecular weight excluding hydrogens is 324 g/mol. The van der Waals surface area contributed by atoms with Crippen LogP contribution in [0.3, 0.4) is 0 Å². The second-order valence-electron chi connectivity index (χ2n) is 9.28. The molecule has 2 spiro atoms. The molecule has 136 valence electrons. The van der Waals surface area contributed by atoms with Crippen LogP contribution >= 0.6 is 0 Å². The lowest BCUT2D eigenvalue weighted by molar-refractivity contribution is -0.458. The summed E-state index contributed by atoms with van der Waals surface area (Å²) in [7, 11) is 0. The highest BCUT2D eigenvalue weighted by atomic mass is 16.7. The van der Waals surface area contributed by atoms with E-state index in [0.717, 1.165) is 0 Å². The summed E-state index contributed by atoms with van der Waals surface area (Å²) in [5.74, 6) is -1.60. The van der Waals surface area contributed by atoms with E-state index in [1.54, 1.807) is 20.1 Å². The third kappa shape index (κ3) is 1.17. The summed E-state index contributed by atoms with van der Waals surface area (Å²) < 4.78 is 23.9. The minimum Gasteiger partial charge on any atom is -0.490 e. The second kappa shape index (κ2) is 3.75. The van der Waals surface area contributed by atoms with Gasteiger partial charge in [0.05, 0.1) is 11.9 Å². The van der Waals surface area contributed by atoms with Crippen molar-refractivity contribution in [2.75, 3.05) is 6.61 Å². The Bertz CT molecular complexity index is 757. The third-order valence-electron chi connectivity index (χ3n) is 8.21. The number of hydrogen-bond donors (Lipinski definition) is 0. The minimum absolute atomic E-state index is 0.133. The zero-order valence-electron chi connectivity index (χ0n) is 15.3. The Labute approximate surface area is 146 Å². The fourth-order valence-corrected chi connectivity index (χ4v) is 6.97. The van der Waals surface area contributed by atoms with E-state index in [1.165, 1.54) is 0 Å². The largest absolute Gasteiger partial charge is 0.490 e. The molecule has 6 heteroatoms. The molecule has 25 heavy (non-hydrogen) atoms. The van der Waals surface area contributed by atoms with Crippen molar-refractivity contribution in [2.24, 2.45) is 22.2 Å². The fourth-order valence-electron chi connectivity index (χ4n) is 6.97. The average Bonchev–Trinajstić information content (AvgIpc) is 2.78. The number of ether oxygens (including phenoxy) is 4. The Morgan fingerprint density at radius 2 is 1.72 bits per heavy atom. The number of rotatable bonds is 0. The van der Waals surface area contributed by atoms with Gasteiger partial charge in [-0.25, -0.2) is 0 Å².